The van der Waals surface area contributed by atoms with Gasteiger partial charge in [0.15, 0.2) is 0 Å². The molecule has 0 radical (unpaired) electrons. The van der Waals surface area contributed by atoms with Gasteiger partial charge in [-0.05, 0) is 50.5 Å². The lowest BCUT2D eigenvalue weighted by Gasteiger charge is -2.32. The Kier molecular flexibility index (Phi) is 5.28. The molecule has 21 heavy (non-hydrogen) atoms. The summed E-state index contributed by atoms with van der Waals surface area (Å²) in [5.41, 5.74) is 2.82. The molecule has 2 fully saturated rings. The van der Waals surface area contributed by atoms with Gasteiger partial charge in [-0.2, -0.15) is 0 Å². The molecule has 116 valence electrons. The summed E-state index contributed by atoms with van der Waals surface area (Å²) in [5.74, 6) is 0. The van der Waals surface area contributed by atoms with Gasteiger partial charge in [0.1, 0.15) is 0 Å². The molecule has 0 bridgehead atoms. The van der Waals surface area contributed by atoms with Gasteiger partial charge in [-0.3, -0.25) is 9.80 Å². The van der Waals surface area contributed by atoms with Gasteiger partial charge in [0, 0.05) is 32.2 Å². The van der Waals surface area contributed by atoms with E-state index in [0.717, 1.165) is 19.1 Å². The maximum Gasteiger partial charge on any atom is 0.0235 e. The molecule has 2 heterocycles. The molecule has 0 aromatic heterocycles. The minimum atomic E-state index is 0.814. The Morgan fingerprint density at radius 3 is 2.43 bits per heavy atom. The molecule has 1 aromatic carbocycles. The zero-order valence-electron chi connectivity index (χ0n) is 13.4. The van der Waals surface area contributed by atoms with E-state index in [9.17, 15) is 0 Å². The van der Waals surface area contributed by atoms with Crippen LogP contribution in [0.1, 0.15) is 36.8 Å². The van der Waals surface area contributed by atoms with Gasteiger partial charge in [-0.1, -0.05) is 30.7 Å². The Balaban J connectivity index is 1.49. The smallest absolute Gasteiger partial charge is 0.0235 e. The molecule has 2 saturated heterocycles. The highest BCUT2D eigenvalue weighted by Crippen LogP contribution is 2.21. The second-order valence-corrected chi connectivity index (χ2v) is 6.62. The fourth-order valence-electron chi connectivity index (χ4n) is 3.76. The number of hydrogen-bond donors (Lipinski definition) is 1. The molecule has 1 aromatic rings. The summed E-state index contributed by atoms with van der Waals surface area (Å²) in [6.45, 7) is 7.26. The summed E-state index contributed by atoms with van der Waals surface area (Å²) < 4.78 is 0. The summed E-state index contributed by atoms with van der Waals surface area (Å²) in [4.78, 5) is 5.37. The monoisotopic (exact) mass is 287 g/mol. The van der Waals surface area contributed by atoms with Crippen molar-refractivity contribution >= 4 is 0 Å². The summed E-state index contributed by atoms with van der Waals surface area (Å²) in [6.07, 6.45) is 5.61. The number of likely N-dealkylation sites (tertiary alicyclic amines) is 2. The third-order valence-corrected chi connectivity index (χ3v) is 4.96. The first-order valence-electron chi connectivity index (χ1n) is 8.54. The van der Waals surface area contributed by atoms with Crippen molar-refractivity contribution in [2.75, 3.05) is 33.2 Å². The van der Waals surface area contributed by atoms with E-state index in [2.05, 4.69) is 39.4 Å². The SMILES string of the molecule is CNCc1ccc(CN2CCC(N3CCCCC3)C2)cc1. The standard InChI is InChI=1S/C18H29N3/c1-19-13-16-5-7-17(8-6-16)14-20-12-9-18(15-20)21-10-3-2-4-11-21/h5-8,18-19H,2-4,9-15H2,1H3. The lowest BCUT2D eigenvalue weighted by Crippen LogP contribution is -2.40. The molecule has 2 aliphatic rings. The quantitative estimate of drug-likeness (QED) is 0.897. The Bertz CT molecular complexity index is 423. The molecule has 2 aliphatic heterocycles. The van der Waals surface area contributed by atoms with E-state index < -0.39 is 0 Å². The van der Waals surface area contributed by atoms with Gasteiger partial charge in [0.05, 0.1) is 0 Å². The van der Waals surface area contributed by atoms with Crippen molar-refractivity contribution in [3.63, 3.8) is 0 Å². The summed E-state index contributed by atoms with van der Waals surface area (Å²) in [7, 11) is 2.00. The Hall–Kier alpha value is -0.900. The molecule has 0 spiro atoms. The number of benzene rings is 1. The first-order valence-corrected chi connectivity index (χ1v) is 8.54. The van der Waals surface area contributed by atoms with Crippen LogP contribution in [-0.2, 0) is 13.1 Å². The molecule has 0 amide bonds. The number of piperidine rings is 1. The predicted octanol–water partition coefficient (Wildman–Crippen LogP) is 2.47. The molecule has 1 atom stereocenters. The zero-order chi connectivity index (χ0) is 14.5. The van der Waals surface area contributed by atoms with Crippen molar-refractivity contribution in [1.29, 1.82) is 0 Å². The Morgan fingerprint density at radius 1 is 1.00 bits per heavy atom. The third kappa shape index (κ3) is 4.06. The predicted molar refractivity (Wildman–Crippen MR) is 88.3 cm³/mol. The van der Waals surface area contributed by atoms with Crippen LogP contribution in [0.5, 0.6) is 0 Å². The van der Waals surface area contributed by atoms with Gasteiger partial charge in [-0.25, -0.2) is 0 Å². The highest BCUT2D eigenvalue weighted by atomic mass is 15.3. The van der Waals surface area contributed by atoms with Crippen molar-refractivity contribution in [2.45, 2.75) is 44.8 Å². The van der Waals surface area contributed by atoms with Crippen LogP contribution in [0.4, 0.5) is 0 Å². The van der Waals surface area contributed by atoms with Gasteiger partial charge >= 0.3 is 0 Å². The molecule has 0 saturated carbocycles. The highest BCUT2D eigenvalue weighted by molar-refractivity contribution is 5.22. The Labute approximate surface area is 129 Å². The number of hydrogen-bond acceptors (Lipinski definition) is 3. The average molecular weight is 287 g/mol. The van der Waals surface area contributed by atoms with Crippen LogP contribution in [0, 0.1) is 0 Å². The second kappa shape index (κ2) is 7.39. The maximum absolute atomic E-state index is 3.20. The van der Waals surface area contributed by atoms with E-state index in [4.69, 9.17) is 0 Å². The fourth-order valence-corrected chi connectivity index (χ4v) is 3.76. The van der Waals surface area contributed by atoms with E-state index in [1.54, 1.807) is 0 Å². The number of nitrogens with zero attached hydrogens (tertiary/aromatic N) is 2. The molecule has 3 rings (SSSR count). The topological polar surface area (TPSA) is 18.5 Å². The number of nitrogens with one attached hydrogen (secondary N) is 1. The van der Waals surface area contributed by atoms with E-state index >= 15 is 0 Å². The minimum Gasteiger partial charge on any atom is -0.316 e. The number of rotatable bonds is 5. The first kappa shape index (κ1) is 15.0. The van der Waals surface area contributed by atoms with Gasteiger partial charge in [0.25, 0.3) is 0 Å². The van der Waals surface area contributed by atoms with Crippen molar-refractivity contribution in [2.24, 2.45) is 0 Å². The van der Waals surface area contributed by atoms with Crippen LogP contribution in [0.3, 0.4) is 0 Å². The third-order valence-electron chi connectivity index (χ3n) is 4.96. The molecule has 3 nitrogen and oxygen atoms in total. The van der Waals surface area contributed by atoms with E-state index in [-0.39, 0.29) is 0 Å². The second-order valence-electron chi connectivity index (χ2n) is 6.62. The van der Waals surface area contributed by atoms with Crippen molar-refractivity contribution in [3.8, 4) is 0 Å². The summed E-state index contributed by atoms with van der Waals surface area (Å²) >= 11 is 0. The molecule has 1 unspecified atom stereocenters. The van der Waals surface area contributed by atoms with Crippen molar-refractivity contribution < 1.29 is 0 Å². The van der Waals surface area contributed by atoms with Crippen molar-refractivity contribution in [3.05, 3.63) is 35.4 Å². The van der Waals surface area contributed by atoms with Crippen molar-refractivity contribution in [1.82, 2.24) is 15.1 Å². The van der Waals surface area contributed by atoms with Gasteiger partial charge < -0.3 is 5.32 Å². The largest absolute Gasteiger partial charge is 0.316 e. The normalized spacial score (nSPS) is 24.5. The molecule has 3 heteroatoms. The van der Waals surface area contributed by atoms with E-state index in [1.165, 1.54) is 63.0 Å². The first-order chi connectivity index (χ1) is 10.3. The van der Waals surface area contributed by atoms with Gasteiger partial charge in [-0.15, -0.1) is 0 Å². The summed E-state index contributed by atoms with van der Waals surface area (Å²) in [6, 6.07) is 9.91. The average Bonchev–Trinajstić information content (AvgIpc) is 2.99. The van der Waals surface area contributed by atoms with Crippen LogP contribution in [0.15, 0.2) is 24.3 Å². The Morgan fingerprint density at radius 2 is 1.71 bits per heavy atom. The minimum absolute atomic E-state index is 0.814. The summed E-state index contributed by atoms with van der Waals surface area (Å²) in [5, 5.41) is 3.20. The lowest BCUT2D eigenvalue weighted by molar-refractivity contribution is 0.161. The van der Waals surface area contributed by atoms with E-state index in [0.29, 0.717) is 0 Å². The van der Waals surface area contributed by atoms with Gasteiger partial charge in [0.2, 0.25) is 0 Å². The fraction of sp³-hybridized carbons (Fsp3) is 0.667. The highest BCUT2D eigenvalue weighted by Gasteiger charge is 2.28. The van der Waals surface area contributed by atoms with E-state index in [1.807, 2.05) is 7.05 Å². The van der Waals surface area contributed by atoms with Crippen LogP contribution in [0.25, 0.3) is 0 Å². The van der Waals surface area contributed by atoms with Crippen LogP contribution in [-0.4, -0.2) is 49.1 Å². The molecular weight excluding hydrogens is 258 g/mol. The lowest BCUT2D eigenvalue weighted by atomic mass is 10.1. The zero-order valence-corrected chi connectivity index (χ0v) is 13.4. The maximum atomic E-state index is 3.20. The van der Waals surface area contributed by atoms with Crippen LogP contribution in [0.2, 0.25) is 0 Å². The van der Waals surface area contributed by atoms with Crippen LogP contribution >= 0.6 is 0 Å². The molecular formula is C18H29N3. The molecule has 1 N–H and O–H groups in total. The van der Waals surface area contributed by atoms with Crippen LogP contribution < -0.4 is 5.32 Å². The molecule has 0 aliphatic carbocycles.